The molecular weight excluding hydrogens is 713 g/mol. The molecule has 1 heterocycles. The van der Waals surface area contributed by atoms with Gasteiger partial charge in [-0.2, -0.15) is 0 Å². The molecule has 0 atom stereocenters. The highest BCUT2D eigenvalue weighted by Gasteiger charge is 2.54. The molecule has 2 heteroatoms. The van der Waals surface area contributed by atoms with E-state index in [0.29, 0.717) is 0 Å². The second-order valence-corrected chi connectivity index (χ2v) is 16.0. The second kappa shape index (κ2) is 12.2. The van der Waals surface area contributed by atoms with Crippen LogP contribution in [0, 0.1) is 0 Å². The van der Waals surface area contributed by atoms with Crippen LogP contribution in [0.3, 0.4) is 0 Å². The summed E-state index contributed by atoms with van der Waals surface area (Å²) in [4.78, 5) is 2.35. The molecule has 0 saturated heterocycles. The SMILES string of the molecule is c1ccc(-c2ccc3c(c2)c2ccccc2n3-c2ccc(N(c3ccccc3)c3ccc(-c4ccc5c6c(cccc46)C54c5cccc6cccc4c56)cc3)cc2)cc1. The highest BCUT2D eigenvalue weighted by Crippen LogP contribution is 2.65. The molecule has 0 N–H and O–H groups in total. The predicted molar refractivity (Wildman–Crippen MR) is 247 cm³/mol. The molecule has 1 spiro atoms. The van der Waals surface area contributed by atoms with Crippen LogP contribution in [0.1, 0.15) is 22.3 Å². The van der Waals surface area contributed by atoms with Crippen molar-refractivity contribution in [3.63, 3.8) is 0 Å². The van der Waals surface area contributed by atoms with E-state index in [-0.39, 0.29) is 5.41 Å². The largest absolute Gasteiger partial charge is 0.311 e. The molecule has 10 aromatic carbocycles. The highest BCUT2D eigenvalue weighted by atomic mass is 15.1. The molecule has 2 aliphatic rings. The van der Waals surface area contributed by atoms with Crippen molar-refractivity contribution in [1.29, 1.82) is 0 Å². The van der Waals surface area contributed by atoms with Crippen molar-refractivity contribution >= 4 is 60.4 Å². The van der Waals surface area contributed by atoms with Crippen molar-refractivity contribution in [2.45, 2.75) is 5.41 Å². The second-order valence-electron chi connectivity index (χ2n) is 16.0. The number of nitrogens with zero attached hydrogens (tertiary/aromatic N) is 2. The topological polar surface area (TPSA) is 8.17 Å². The van der Waals surface area contributed by atoms with Crippen LogP contribution in [0.15, 0.2) is 218 Å². The van der Waals surface area contributed by atoms with E-state index in [2.05, 4.69) is 228 Å². The molecule has 13 rings (SSSR count). The number of para-hydroxylation sites is 2. The zero-order chi connectivity index (χ0) is 38.7. The van der Waals surface area contributed by atoms with Crippen LogP contribution in [0.4, 0.5) is 17.1 Å². The summed E-state index contributed by atoms with van der Waals surface area (Å²) >= 11 is 0. The van der Waals surface area contributed by atoms with Gasteiger partial charge in [0, 0.05) is 33.5 Å². The molecule has 2 aliphatic carbocycles. The summed E-state index contributed by atoms with van der Waals surface area (Å²) in [6, 6.07) is 80.3. The van der Waals surface area contributed by atoms with Gasteiger partial charge in [-0.05, 0) is 133 Å². The first kappa shape index (κ1) is 32.4. The summed E-state index contributed by atoms with van der Waals surface area (Å²) in [7, 11) is 0. The van der Waals surface area contributed by atoms with Crippen molar-refractivity contribution in [3.05, 3.63) is 241 Å². The van der Waals surface area contributed by atoms with E-state index < -0.39 is 0 Å². The Morgan fingerprint density at radius 1 is 0.339 bits per heavy atom. The molecule has 0 fully saturated rings. The maximum atomic E-state index is 2.40. The molecular formula is C57H36N2. The van der Waals surface area contributed by atoms with Crippen LogP contribution in [-0.2, 0) is 5.41 Å². The first-order valence-electron chi connectivity index (χ1n) is 20.5. The van der Waals surface area contributed by atoms with Crippen LogP contribution < -0.4 is 4.90 Å². The summed E-state index contributed by atoms with van der Waals surface area (Å²) in [6.45, 7) is 0. The fourth-order valence-corrected chi connectivity index (χ4v) is 10.6. The minimum Gasteiger partial charge on any atom is -0.311 e. The average molecular weight is 749 g/mol. The summed E-state index contributed by atoms with van der Waals surface area (Å²) < 4.78 is 2.40. The van der Waals surface area contributed by atoms with Gasteiger partial charge in [-0.25, -0.2) is 0 Å². The molecule has 2 nitrogen and oxygen atoms in total. The van der Waals surface area contributed by atoms with Gasteiger partial charge in [0.2, 0.25) is 0 Å². The molecule has 59 heavy (non-hydrogen) atoms. The van der Waals surface area contributed by atoms with Crippen molar-refractivity contribution in [1.82, 2.24) is 4.57 Å². The zero-order valence-corrected chi connectivity index (χ0v) is 32.2. The molecule has 0 saturated carbocycles. The third kappa shape index (κ3) is 4.40. The van der Waals surface area contributed by atoms with E-state index in [9.17, 15) is 0 Å². The van der Waals surface area contributed by atoms with Crippen LogP contribution in [0.25, 0.3) is 71.3 Å². The summed E-state index contributed by atoms with van der Waals surface area (Å²) in [6.07, 6.45) is 0. The lowest BCUT2D eigenvalue weighted by Crippen LogP contribution is -2.43. The molecule has 0 bridgehead atoms. The minimum absolute atomic E-state index is 0.105. The van der Waals surface area contributed by atoms with E-state index in [1.165, 1.54) is 87.9 Å². The molecule has 0 amide bonds. The molecule has 1 aromatic heterocycles. The summed E-state index contributed by atoms with van der Waals surface area (Å²) in [5.41, 5.74) is 17.5. The number of rotatable bonds is 6. The molecule has 0 radical (unpaired) electrons. The van der Waals surface area contributed by atoms with E-state index >= 15 is 0 Å². The number of hydrogen-bond donors (Lipinski definition) is 0. The lowest BCUT2D eigenvalue weighted by atomic mass is 9.49. The van der Waals surface area contributed by atoms with Crippen molar-refractivity contribution in [2.75, 3.05) is 4.90 Å². The Hall–Kier alpha value is -7.68. The van der Waals surface area contributed by atoms with Crippen LogP contribution in [0.2, 0.25) is 0 Å². The molecule has 0 aliphatic heterocycles. The maximum Gasteiger partial charge on any atom is 0.0725 e. The van der Waals surface area contributed by atoms with E-state index in [1.54, 1.807) is 0 Å². The molecule has 11 aromatic rings. The van der Waals surface area contributed by atoms with E-state index in [1.807, 2.05) is 0 Å². The lowest BCUT2D eigenvalue weighted by molar-refractivity contribution is 0.701. The highest BCUT2D eigenvalue weighted by molar-refractivity contribution is 6.14. The lowest BCUT2D eigenvalue weighted by Gasteiger charge is -2.52. The van der Waals surface area contributed by atoms with Crippen LogP contribution >= 0.6 is 0 Å². The Morgan fingerprint density at radius 3 is 1.64 bits per heavy atom. The predicted octanol–water partition coefficient (Wildman–Crippen LogP) is 14.9. The Balaban J connectivity index is 0.869. The number of fused-ring (bicyclic) bond motifs is 7. The minimum atomic E-state index is -0.105. The fraction of sp³-hybridized carbons (Fsp3) is 0.0175. The number of anilines is 3. The standard InChI is InChI=1S/C57H36N2/c1-3-12-37(13-4-1)40-26-35-54-48(36-40)46-18-7-8-23-53(46)59(54)44-31-29-43(30-32-44)58(41-16-5-2-6-17-41)42-27-24-38(25-28-42)45-33-34-52-56-47(45)19-11-22-51(56)57(52)49-20-9-14-39-15-10-21-50(57)55(39)49/h1-36H. The number of aromatic nitrogens is 1. The fourth-order valence-electron chi connectivity index (χ4n) is 10.6. The van der Waals surface area contributed by atoms with Gasteiger partial charge in [-0.1, -0.05) is 152 Å². The van der Waals surface area contributed by atoms with Gasteiger partial charge in [0.1, 0.15) is 0 Å². The van der Waals surface area contributed by atoms with Gasteiger partial charge in [0.05, 0.1) is 16.4 Å². The normalized spacial score (nSPS) is 13.2. The Kier molecular flexibility index (Phi) is 6.68. The van der Waals surface area contributed by atoms with Gasteiger partial charge >= 0.3 is 0 Å². The third-order valence-corrected chi connectivity index (χ3v) is 13.2. The van der Waals surface area contributed by atoms with Gasteiger partial charge in [0.25, 0.3) is 0 Å². The molecule has 0 unspecified atom stereocenters. The van der Waals surface area contributed by atoms with Crippen molar-refractivity contribution in [3.8, 4) is 27.9 Å². The smallest absolute Gasteiger partial charge is 0.0725 e. The number of benzene rings is 10. The number of hydrogen-bond acceptors (Lipinski definition) is 1. The Bertz CT molecular complexity index is 3420. The van der Waals surface area contributed by atoms with Gasteiger partial charge in [-0.3, -0.25) is 0 Å². The molecule has 274 valence electrons. The van der Waals surface area contributed by atoms with Gasteiger partial charge in [0.15, 0.2) is 0 Å². The first-order valence-corrected chi connectivity index (χ1v) is 20.5. The third-order valence-electron chi connectivity index (χ3n) is 13.2. The Morgan fingerprint density at radius 2 is 0.898 bits per heavy atom. The maximum absolute atomic E-state index is 2.40. The zero-order valence-electron chi connectivity index (χ0n) is 32.2. The van der Waals surface area contributed by atoms with Crippen molar-refractivity contribution in [2.24, 2.45) is 0 Å². The average Bonchev–Trinajstić information content (AvgIpc) is 3.63. The summed E-state index contributed by atoms with van der Waals surface area (Å²) in [5.74, 6) is 0. The Labute approximate surface area is 342 Å². The van der Waals surface area contributed by atoms with Crippen molar-refractivity contribution < 1.29 is 0 Å². The van der Waals surface area contributed by atoms with Gasteiger partial charge < -0.3 is 9.47 Å². The van der Waals surface area contributed by atoms with Gasteiger partial charge in [-0.15, -0.1) is 0 Å². The quantitative estimate of drug-likeness (QED) is 0.164. The van der Waals surface area contributed by atoms with E-state index in [4.69, 9.17) is 0 Å². The summed E-state index contributed by atoms with van der Waals surface area (Å²) in [5, 5.41) is 8.01. The van der Waals surface area contributed by atoms with E-state index in [0.717, 1.165) is 22.7 Å². The van der Waals surface area contributed by atoms with Crippen LogP contribution in [0.5, 0.6) is 0 Å². The van der Waals surface area contributed by atoms with Crippen LogP contribution in [-0.4, -0.2) is 4.57 Å². The monoisotopic (exact) mass is 748 g/mol. The first-order chi connectivity index (χ1) is 29.3.